The van der Waals surface area contributed by atoms with E-state index in [-0.39, 0.29) is 18.4 Å². The maximum Gasteiger partial charge on any atom is 0.414 e. The molecule has 0 aliphatic heterocycles. The standard InChI is InChI=1S/C16H20N2O4S/c1-2-22-16(21)18-14(20)12-10-5-3-4-6-11(10)23-15(12)17-13(19)9-7-8-9/h9H,2-8H2,1H3,(H,17,19)(H,18,20,21). The highest BCUT2D eigenvalue weighted by atomic mass is 32.1. The number of hydrogen-bond acceptors (Lipinski definition) is 5. The van der Waals surface area contributed by atoms with E-state index in [4.69, 9.17) is 4.74 Å². The van der Waals surface area contributed by atoms with E-state index in [0.717, 1.165) is 49.0 Å². The molecule has 0 unspecified atom stereocenters. The summed E-state index contributed by atoms with van der Waals surface area (Å²) in [7, 11) is 0. The van der Waals surface area contributed by atoms with Crippen LogP contribution >= 0.6 is 11.3 Å². The number of anilines is 1. The minimum absolute atomic E-state index is 0.0335. The van der Waals surface area contributed by atoms with Crippen LogP contribution in [0.5, 0.6) is 0 Å². The summed E-state index contributed by atoms with van der Waals surface area (Å²) in [6, 6.07) is 0. The molecule has 0 radical (unpaired) electrons. The van der Waals surface area contributed by atoms with Crippen molar-refractivity contribution in [2.24, 2.45) is 5.92 Å². The van der Waals surface area contributed by atoms with E-state index in [1.807, 2.05) is 0 Å². The molecule has 7 heteroatoms. The molecule has 1 aromatic heterocycles. The summed E-state index contributed by atoms with van der Waals surface area (Å²) in [6.45, 7) is 1.88. The molecule has 1 saturated carbocycles. The topological polar surface area (TPSA) is 84.5 Å². The number of thiophene rings is 1. The van der Waals surface area contributed by atoms with Gasteiger partial charge in [-0.2, -0.15) is 0 Å². The zero-order valence-electron chi connectivity index (χ0n) is 13.1. The number of hydrogen-bond donors (Lipinski definition) is 2. The van der Waals surface area contributed by atoms with Gasteiger partial charge in [0.1, 0.15) is 5.00 Å². The lowest BCUT2D eigenvalue weighted by Crippen LogP contribution is -2.32. The van der Waals surface area contributed by atoms with Crippen LogP contribution in [0.3, 0.4) is 0 Å². The van der Waals surface area contributed by atoms with Crippen molar-refractivity contribution in [1.29, 1.82) is 0 Å². The van der Waals surface area contributed by atoms with E-state index in [9.17, 15) is 14.4 Å². The first kappa shape index (κ1) is 16.0. The fraction of sp³-hybridized carbons (Fsp3) is 0.562. The largest absolute Gasteiger partial charge is 0.450 e. The summed E-state index contributed by atoms with van der Waals surface area (Å²) >= 11 is 1.46. The van der Waals surface area contributed by atoms with E-state index < -0.39 is 12.0 Å². The Morgan fingerprint density at radius 1 is 1.22 bits per heavy atom. The molecule has 0 aromatic carbocycles. The van der Waals surface area contributed by atoms with Crippen LogP contribution in [0.2, 0.25) is 0 Å². The second-order valence-electron chi connectivity index (χ2n) is 5.85. The summed E-state index contributed by atoms with van der Waals surface area (Å²) in [5.41, 5.74) is 1.40. The lowest BCUT2D eigenvalue weighted by Gasteiger charge is -2.12. The number of alkyl carbamates (subject to hydrolysis) is 1. The number of carbonyl (C=O) groups excluding carboxylic acids is 3. The van der Waals surface area contributed by atoms with Gasteiger partial charge >= 0.3 is 6.09 Å². The van der Waals surface area contributed by atoms with Gasteiger partial charge in [-0.1, -0.05) is 0 Å². The molecule has 0 spiro atoms. The molecular weight excluding hydrogens is 316 g/mol. The van der Waals surface area contributed by atoms with Gasteiger partial charge in [0.15, 0.2) is 0 Å². The zero-order chi connectivity index (χ0) is 16.4. The Kier molecular flexibility index (Phi) is 4.66. The molecule has 2 aliphatic carbocycles. The van der Waals surface area contributed by atoms with Crippen LogP contribution in [-0.4, -0.2) is 24.5 Å². The third-order valence-corrected chi connectivity index (χ3v) is 5.28. The third-order valence-electron chi connectivity index (χ3n) is 4.07. The number of carbonyl (C=O) groups is 3. The highest BCUT2D eigenvalue weighted by Gasteiger charge is 2.33. The smallest absolute Gasteiger partial charge is 0.414 e. The van der Waals surface area contributed by atoms with Gasteiger partial charge in [0.2, 0.25) is 5.91 Å². The number of ether oxygens (including phenoxy) is 1. The predicted octanol–water partition coefficient (Wildman–Crippen LogP) is 2.86. The second kappa shape index (κ2) is 6.70. The van der Waals surface area contributed by atoms with Crippen molar-refractivity contribution in [3.8, 4) is 0 Å². The van der Waals surface area contributed by atoms with E-state index in [1.54, 1.807) is 6.92 Å². The van der Waals surface area contributed by atoms with Crippen molar-refractivity contribution in [2.75, 3.05) is 11.9 Å². The van der Waals surface area contributed by atoms with Gasteiger partial charge < -0.3 is 10.1 Å². The average Bonchev–Trinajstić information content (AvgIpc) is 3.29. The molecular formula is C16H20N2O4S. The highest BCUT2D eigenvalue weighted by molar-refractivity contribution is 7.17. The Morgan fingerprint density at radius 3 is 2.65 bits per heavy atom. The van der Waals surface area contributed by atoms with Crippen LogP contribution in [0.1, 0.15) is 53.4 Å². The normalized spacial score (nSPS) is 16.4. The Labute approximate surface area is 138 Å². The van der Waals surface area contributed by atoms with Gasteiger partial charge in [-0.25, -0.2) is 4.79 Å². The van der Waals surface area contributed by atoms with E-state index in [0.29, 0.717) is 10.6 Å². The lowest BCUT2D eigenvalue weighted by atomic mass is 9.95. The predicted molar refractivity (Wildman–Crippen MR) is 86.8 cm³/mol. The number of fused-ring (bicyclic) bond motifs is 1. The van der Waals surface area contributed by atoms with E-state index >= 15 is 0 Å². The quantitative estimate of drug-likeness (QED) is 0.885. The minimum Gasteiger partial charge on any atom is -0.450 e. The van der Waals surface area contributed by atoms with Gasteiger partial charge in [-0.05, 0) is 51.0 Å². The molecule has 3 amide bonds. The average molecular weight is 336 g/mol. The number of imide groups is 1. The monoisotopic (exact) mass is 336 g/mol. The fourth-order valence-corrected chi connectivity index (χ4v) is 4.07. The van der Waals surface area contributed by atoms with Gasteiger partial charge in [-0.3, -0.25) is 14.9 Å². The molecule has 23 heavy (non-hydrogen) atoms. The van der Waals surface area contributed by atoms with Gasteiger partial charge in [0, 0.05) is 10.8 Å². The molecule has 2 N–H and O–H groups in total. The molecule has 1 aromatic rings. The minimum atomic E-state index is -0.757. The second-order valence-corrected chi connectivity index (χ2v) is 6.96. The number of nitrogens with one attached hydrogen (secondary N) is 2. The maximum absolute atomic E-state index is 12.5. The van der Waals surface area contributed by atoms with Crippen LogP contribution in [0, 0.1) is 5.92 Å². The first-order chi connectivity index (χ1) is 11.1. The molecule has 124 valence electrons. The number of aryl methyl sites for hydroxylation is 1. The van der Waals surface area contributed by atoms with Crippen LogP contribution in [0.4, 0.5) is 9.80 Å². The van der Waals surface area contributed by atoms with Crippen molar-refractivity contribution in [1.82, 2.24) is 5.32 Å². The summed E-state index contributed by atoms with van der Waals surface area (Å²) in [6.07, 6.45) is 4.87. The Morgan fingerprint density at radius 2 is 1.96 bits per heavy atom. The summed E-state index contributed by atoms with van der Waals surface area (Å²) in [5, 5.41) is 5.69. The first-order valence-electron chi connectivity index (χ1n) is 8.03. The maximum atomic E-state index is 12.5. The van der Waals surface area contributed by atoms with Crippen molar-refractivity contribution < 1.29 is 19.1 Å². The zero-order valence-corrected chi connectivity index (χ0v) is 13.9. The van der Waals surface area contributed by atoms with Crippen molar-refractivity contribution in [3.05, 3.63) is 16.0 Å². The molecule has 1 fully saturated rings. The number of amides is 3. The molecule has 0 saturated heterocycles. The van der Waals surface area contributed by atoms with Crippen molar-refractivity contribution >= 4 is 34.2 Å². The SMILES string of the molecule is CCOC(=O)NC(=O)c1c(NC(=O)C2CC2)sc2c1CCCC2. The van der Waals surface area contributed by atoms with Gasteiger partial charge in [0.25, 0.3) is 5.91 Å². The van der Waals surface area contributed by atoms with Crippen LogP contribution in [-0.2, 0) is 22.4 Å². The highest BCUT2D eigenvalue weighted by Crippen LogP contribution is 2.39. The molecule has 2 aliphatic rings. The molecule has 6 nitrogen and oxygen atoms in total. The van der Waals surface area contributed by atoms with Gasteiger partial charge in [-0.15, -0.1) is 11.3 Å². The summed E-state index contributed by atoms with van der Waals surface area (Å²) < 4.78 is 4.77. The Hall–Kier alpha value is -1.89. The van der Waals surface area contributed by atoms with Crippen LogP contribution in [0.25, 0.3) is 0 Å². The van der Waals surface area contributed by atoms with Crippen molar-refractivity contribution in [3.63, 3.8) is 0 Å². The Bertz CT molecular complexity index is 649. The molecule has 1 heterocycles. The third kappa shape index (κ3) is 3.55. The first-order valence-corrected chi connectivity index (χ1v) is 8.85. The fourth-order valence-electron chi connectivity index (χ4n) is 2.78. The van der Waals surface area contributed by atoms with Crippen molar-refractivity contribution in [2.45, 2.75) is 45.4 Å². The van der Waals surface area contributed by atoms with Gasteiger partial charge in [0.05, 0.1) is 12.2 Å². The van der Waals surface area contributed by atoms with E-state index in [2.05, 4.69) is 10.6 Å². The summed E-state index contributed by atoms with van der Waals surface area (Å²) in [5.74, 6) is -0.460. The van der Waals surface area contributed by atoms with E-state index in [1.165, 1.54) is 11.3 Å². The molecule has 0 bridgehead atoms. The molecule has 3 rings (SSSR count). The van der Waals surface area contributed by atoms with Crippen LogP contribution < -0.4 is 10.6 Å². The Balaban J connectivity index is 1.85. The summed E-state index contributed by atoms with van der Waals surface area (Å²) in [4.78, 5) is 37.2. The molecule has 0 atom stereocenters. The lowest BCUT2D eigenvalue weighted by molar-refractivity contribution is -0.117. The number of rotatable bonds is 4. The van der Waals surface area contributed by atoms with Crippen LogP contribution in [0.15, 0.2) is 0 Å².